The quantitative estimate of drug-likeness (QED) is 0.226. The molecule has 1 saturated heterocycles. The van der Waals surface area contributed by atoms with Crippen LogP contribution in [0.2, 0.25) is 0 Å². The predicted molar refractivity (Wildman–Crippen MR) is 155 cm³/mol. The lowest BCUT2D eigenvalue weighted by Crippen LogP contribution is -2.38. The van der Waals surface area contributed by atoms with Crippen molar-refractivity contribution in [3.63, 3.8) is 0 Å². The molecule has 7 nitrogen and oxygen atoms in total. The number of Topliss-reactive ketones (excluding diaryl/α,β-unsaturated/α-hetero) is 1. The van der Waals surface area contributed by atoms with E-state index in [1.165, 1.54) is 43.0 Å². The van der Waals surface area contributed by atoms with Crippen molar-refractivity contribution in [1.82, 2.24) is 4.90 Å². The smallest absolute Gasteiger partial charge is 0.415 e. The first-order valence-electron chi connectivity index (χ1n) is 13.3. The normalized spacial score (nSPS) is 16.9. The maximum atomic E-state index is 13.7. The topological polar surface area (TPSA) is 93.1 Å². The number of benzene rings is 3. The molecule has 2 unspecified atom stereocenters. The third-order valence-corrected chi connectivity index (χ3v) is 8.06. The summed E-state index contributed by atoms with van der Waals surface area (Å²) in [6.45, 7) is 7.23. The number of nitrogens with zero attached hydrogens (tertiary/aromatic N) is 1. The first-order chi connectivity index (χ1) is 19.4. The van der Waals surface area contributed by atoms with E-state index in [4.69, 9.17) is 9.47 Å². The fraction of sp³-hybridized carbons (Fsp3) is 0.344. The largest absolute Gasteiger partial charge is 0.478 e. The number of aryl methyl sites for hydroxylation is 2. The van der Waals surface area contributed by atoms with E-state index in [1.54, 1.807) is 11.8 Å². The van der Waals surface area contributed by atoms with Crippen LogP contribution >= 0.6 is 11.8 Å². The minimum Gasteiger partial charge on any atom is -0.478 e. The molecule has 3 aromatic carbocycles. The first-order valence-corrected chi connectivity index (χ1v) is 14.5. The SMILES string of the molecule is CSc1ccc(C(=O)C2CN(C(=O)Oc3ccc(F)cc3)CC2Cc2cc(C)c(OC(C)(C)C(=O)O)c(C)c2)cc1. The van der Waals surface area contributed by atoms with Gasteiger partial charge in [0.25, 0.3) is 0 Å². The number of rotatable bonds is 9. The fourth-order valence-electron chi connectivity index (χ4n) is 5.08. The van der Waals surface area contributed by atoms with Crippen LogP contribution in [0.4, 0.5) is 9.18 Å². The number of carboxylic acid groups (broad SMARTS) is 1. The monoisotopic (exact) mass is 579 g/mol. The van der Waals surface area contributed by atoms with Crippen LogP contribution in [0.3, 0.4) is 0 Å². The van der Waals surface area contributed by atoms with Gasteiger partial charge in [0.05, 0.1) is 0 Å². The molecule has 216 valence electrons. The molecule has 1 heterocycles. The molecule has 41 heavy (non-hydrogen) atoms. The zero-order valence-electron chi connectivity index (χ0n) is 23.8. The van der Waals surface area contributed by atoms with Crippen LogP contribution in [-0.4, -0.2) is 52.8 Å². The average molecular weight is 580 g/mol. The molecular weight excluding hydrogens is 545 g/mol. The van der Waals surface area contributed by atoms with Gasteiger partial charge < -0.3 is 19.5 Å². The molecule has 0 bridgehead atoms. The van der Waals surface area contributed by atoms with Gasteiger partial charge in [0.1, 0.15) is 17.3 Å². The van der Waals surface area contributed by atoms with Crippen molar-refractivity contribution in [3.05, 3.63) is 88.7 Å². The van der Waals surface area contributed by atoms with Gasteiger partial charge in [-0.05, 0) is 99.4 Å². The summed E-state index contributed by atoms with van der Waals surface area (Å²) in [5.74, 6) is -1.46. The van der Waals surface area contributed by atoms with Gasteiger partial charge in [-0.2, -0.15) is 0 Å². The zero-order chi connectivity index (χ0) is 29.9. The number of likely N-dealkylation sites (tertiary alicyclic amines) is 1. The Kier molecular flexibility index (Phi) is 9.07. The van der Waals surface area contributed by atoms with Crippen LogP contribution < -0.4 is 9.47 Å². The summed E-state index contributed by atoms with van der Waals surface area (Å²) < 4.78 is 24.6. The van der Waals surface area contributed by atoms with E-state index in [0.717, 1.165) is 21.6 Å². The summed E-state index contributed by atoms with van der Waals surface area (Å²) in [5.41, 5.74) is 1.72. The molecule has 0 aliphatic carbocycles. The number of thioether (sulfide) groups is 1. The molecule has 0 saturated carbocycles. The number of carbonyl (C=O) groups is 3. The standard InChI is InChI=1S/C32H34FNO6S/c1-19-14-21(15-20(2)29(19)40-32(3,4)30(36)37)16-23-17-34(31(38)39-25-10-8-24(33)9-11-25)18-27(23)28(35)22-6-12-26(41-5)13-7-22/h6-15,23,27H,16-18H2,1-5H3,(H,36,37). The summed E-state index contributed by atoms with van der Waals surface area (Å²) in [6, 6.07) is 16.5. The Morgan fingerprint density at radius 3 is 2.17 bits per heavy atom. The maximum Gasteiger partial charge on any atom is 0.415 e. The third-order valence-electron chi connectivity index (χ3n) is 7.32. The highest BCUT2D eigenvalue weighted by molar-refractivity contribution is 7.98. The van der Waals surface area contributed by atoms with Crippen molar-refractivity contribution in [1.29, 1.82) is 0 Å². The van der Waals surface area contributed by atoms with Crippen LogP contribution in [-0.2, 0) is 11.2 Å². The van der Waals surface area contributed by atoms with E-state index in [0.29, 0.717) is 24.3 Å². The van der Waals surface area contributed by atoms with E-state index in [-0.39, 0.29) is 24.0 Å². The highest BCUT2D eigenvalue weighted by Crippen LogP contribution is 2.34. The van der Waals surface area contributed by atoms with Crippen molar-refractivity contribution in [2.75, 3.05) is 19.3 Å². The van der Waals surface area contributed by atoms with Crippen LogP contribution in [0.1, 0.15) is 40.9 Å². The van der Waals surface area contributed by atoms with E-state index in [2.05, 4.69) is 0 Å². The van der Waals surface area contributed by atoms with Crippen LogP contribution in [0.25, 0.3) is 0 Å². The molecule has 0 spiro atoms. The molecule has 4 rings (SSSR count). The van der Waals surface area contributed by atoms with Crippen molar-refractivity contribution < 1.29 is 33.4 Å². The summed E-state index contributed by atoms with van der Waals surface area (Å²) >= 11 is 1.59. The molecule has 1 aliphatic rings. The summed E-state index contributed by atoms with van der Waals surface area (Å²) in [6.07, 6.45) is 1.89. The van der Waals surface area contributed by atoms with Crippen LogP contribution in [0, 0.1) is 31.5 Å². The Morgan fingerprint density at radius 1 is 1.00 bits per heavy atom. The number of carboxylic acids is 1. The van der Waals surface area contributed by atoms with E-state index < -0.39 is 29.4 Å². The number of carbonyl (C=O) groups excluding carboxylic acids is 2. The van der Waals surface area contributed by atoms with Crippen LogP contribution in [0.5, 0.6) is 11.5 Å². The van der Waals surface area contributed by atoms with Gasteiger partial charge in [-0.1, -0.05) is 24.3 Å². The molecule has 1 N–H and O–H groups in total. The van der Waals surface area contributed by atoms with E-state index in [9.17, 15) is 23.9 Å². The molecule has 0 aromatic heterocycles. The van der Waals surface area contributed by atoms with Crippen molar-refractivity contribution >= 4 is 29.6 Å². The maximum absolute atomic E-state index is 13.7. The molecule has 9 heteroatoms. The molecule has 1 aliphatic heterocycles. The number of ketones is 1. The first kappa shape index (κ1) is 30.1. The van der Waals surface area contributed by atoms with Crippen molar-refractivity contribution in [2.24, 2.45) is 11.8 Å². The number of amides is 1. The lowest BCUT2D eigenvalue weighted by atomic mass is 9.84. The Labute approximate surface area is 243 Å². The molecule has 1 amide bonds. The lowest BCUT2D eigenvalue weighted by molar-refractivity contribution is -0.152. The van der Waals surface area contributed by atoms with Crippen LogP contribution in [0.15, 0.2) is 65.6 Å². The third kappa shape index (κ3) is 7.08. The Hall–Kier alpha value is -3.85. The van der Waals surface area contributed by atoms with Gasteiger partial charge in [-0.3, -0.25) is 4.79 Å². The highest BCUT2D eigenvalue weighted by atomic mass is 32.2. The predicted octanol–water partition coefficient (Wildman–Crippen LogP) is 6.58. The number of hydrogen-bond acceptors (Lipinski definition) is 6. The van der Waals surface area contributed by atoms with Gasteiger partial charge in [-0.15, -0.1) is 11.8 Å². The average Bonchev–Trinajstić information content (AvgIpc) is 3.35. The fourth-order valence-corrected chi connectivity index (χ4v) is 5.49. The second kappa shape index (κ2) is 12.3. The molecule has 0 radical (unpaired) electrons. The summed E-state index contributed by atoms with van der Waals surface area (Å²) in [4.78, 5) is 40.9. The summed E-state index contributed by atoms with van der Waals surface area (Å²) in [7, 11) is 0. The second-order valence-electron chi connectivity index (χ2n) is 10.9. The minimum absolute atomic E-state index is 0.0451. The molecule has 2 atom stereocenters. The molecule has 3 aromatic rings. The Bertz CT molecular complexity index is 1410. The minimum atomic E-state index is -1.39. The van der Waals surface area contributed by atoms with Gasteiger partial charge in [0.15, 0.2) is 11.4 Å². The second-order valence-corrected chi connectivity index (χ2v) is 11.7. The van der Waals surface area contributed by atoms with Crippen molar-refractivity contribution in [3.8, 4) is 11.5 Å². The molecule has 1 fully saturated rings. The summed E-state index contributed by atoms with van der Waals surface area (Å²) in [5, 5.41) is 9.49. The Balaban J connectivity index is 1.59. The van der Waals surface area contributed by atoms with E-state index >= 15 is 0 Å². The Morgan fingerprint density at radius 2 is 1.61 bits per heavy atom. The number of halogens is 1. The zero-order valence-corrected chi connectivity index (χ0v) is 24.6. The van der Waals surface area contributed by atoms with Gasteiger partial charge in [-0.25, -0.2) is 14.0 Å². The number of hydrogen-bond donors (Lipinski definition) is 1. The van der Waals surface area contributed by atoms with E-state index in [1.807, 2.05) is 56.5 Å². The highest BCUT2D eigenvalue weighted by Gasteiger charge is 2.41. The van der Waals surface area contributed by atoms with Crippen molar-refractivity contribution in [2.45, 2.75) is 44.6 Å². The van der Waals surface area contributed by atoms with Gasteiger partial charge >= 0.3 is 12.1 Å². The van der Waals surface area contributed by atoms with Gasteiger partial charge in [0.2, 0.25) is 0 Å². The lowest BCUT2D eigenvalue weighted by Gasteiger charge is -2.25. The van der Waals surface area contributed by atoms with Gasteiger partial charge in [0, 0.05) is 29.5 Å². The number of ether oxygens (including phenoxy) is 2. The molecular formula is C32H34FNO6S. The number of aliphatic carboxylic acids is 1.